The third-order valence-electron chi connectivity index (χ3n) is 6.98. The Morgan fingerprint density at radius 1 is 1.33 bits per heavy atom. The van der Waals surface area contributed by atoms with E-state index in [1.165, 1.54) is 15.9 Å². The van der Waals surface area contributed by atoms with Crippen molar-refractivity contribution in [1.82, 2.24) is 15.1 Å². The number of rotatable bonds is 10. The molecule has 2 heterocycles. The van der Waals surface area contributed by atoms with Crippen LogP contribution in [0.2, 0.25) is 0 Å². The van der Waals surface area contributed by atoms with E-state index in [-0.39, 0.29) is 51.3 Å². The van der Waals surface area contributed by atoms with Crippen LogP contribution >= 0.6 is 0 Å². The summed E-state index contributed by atoms with van der Waals surface area (Å²) in [5.74, 6) is -4.41. The van der Waals surface area contributed by atoms with Crippen LogP contribution in [-0.2, 0) is 20.7 Å². The fraction of sp³-hybridized carbons (Fsp3) is 0.577. The van der Waals surface area contributed by atoms with Gasteiger partial charge in [-0.05, 0) is 38.3 Å². The summed E-state index contributed by atoms with van der Waals surface area (Å²) in [6, 6.07) is 10.6. The van der Waals surface area contributed by atoms with E-state index in [4.69, 9.17) is 9.47 Å². The van der Waals surface area contributed by atoms with Crippen LogP contribution in [0.15, 0.2) is 42.0 Å². The Kier molecular flexibility index (Phi) is 10.4. The van der Waals surface area contributed by atoms with Crippen molar-refractivity contribution < 1.29 is 37.9 Å². The van der Waals surface area contributed by atoms with Crippen LogP contribution in [0, 0.1) is 11.3 Å². The van der Waals surface area contributed by atoms with E-state index in [1.807, 2.05) is 36.4 Å². The first kappa shape index (κ1) is 30.5. The highest BCUT2D eigenvalue weighted by Gasteiger charge is 2.43. The van der Waals surface area contributed by atoms with E-state index >= 15 is 0 Å². The summed E-state index contributed by atoms with van der Waals surface area (Å²) in [6.45, 7) is 3.19. The minimum Gasteiger partial charge on any atom is -0.447 e. The summed E-state index contributed by atoms with van der Waals surface area (Å²) < 4.78 is 38.2. The maximum absolute atomic E-state index is 13.7. The highest BCUT2D eigenvalue weighted by atomic mass is 19.3. The zero-order valence-electron chi connectivity index (χ0n) is 22.2. The number of hydrogen-bond donors (Lipinski definition) is 3. The predicted molar refractivity (Wildman–Crippen MR) is 138 cm³/mol. The molecule has 13 heteroatoms. The van der Waals surface area contributed by atoms with Gasteiger partial charge in [-0.1, -0.05) is 30.3 Å². The molecule has 1 aromatic rings. The van der Waals surface area contributed by atoms with Gasteiger partial charge in [0.1, 0.15) is 18.2 Å². The average Bonchev–Trinajstić information content (AvgIpc) is 3.29. The molecule has 2 amide bonds. The number of aryl methyl sites for hydroxylation is 1. The molecule has 2 atom stereocenters. The molecule has 0 aromatic heterocycles. The van der Waals surface area contributed by atoms with Crippen molar-refractivity contribution in [2.45, 2.75) is 56.6 Å². The minimum absolute atomic E-state index is 0.0551. The minimum atomic E-state index is -2.82. The third kappa shape index (κ3) is 8.73. The Morgan fingerprint density at radius 2 is 2.05 bits per heavy atom. The summed E-state index contributed by atoms with van der Waals surface area (Å²) in [6.07, 6.45) is 0.966. The zero-order valence-corrected chi connectivity index (χ0v) is 22.2. The van der Waals surface area contributed by atoms with Crippen molar-refractivity contribution in [3.63, 3.8) is 0 Å². The van der Waals surface area contributed by atoms with E-state index in [9.17, 15) is 33.7 Å². The lowest BCUT2D eigenvalue weighted by Gasteiger charge is -2.36. The van der Waals surface area contributed by atoms with Crippen molar-refractivity contribution in [2.75, 3.05) is 39.5 Å². The number of ether oxygens (including phenoxy) is 2. The molecule has 10 nitrogen and oxygen atoms in total. The molecule has 0 saturated carbocycles. The first-order valence-corrected chi connectivity index (χ1v) is 12.9. The second kappa shape index (κ2) is 13.3. The number of nitrogens with zero attached hydrogens (tertiary/aromatic N) is 3. The van der Waals surface area contributed by atoms with Crippen molar-refractivity contribution in [3.8, 4) is 6.07 Å². The number of alkyl halides is 2. The molecule has 39 heavy (non-hydrogen) atoms. The van der Waals surface area contributed by atoms with Gasteiger partial charge in [0.25, 0.3) is 11.8 Å². The normalized spacial score (nSPS) is 20.7. The van der Waals surface area contributed by atoms with Gasteiger partial charge in [0.15, 0.2) is 0 Å². The maximum atomic E-state index is 13.7. The van der Waals surface area contributed by atoms with Gasteiger partial charge in [-0.3, -0.25) is 9.69 Å². The summed E-state index contributed by atoms with van der Waals surface area (Å²) >= 11 is 0. The lowest BCUT2D eigenvalue weighted by molar-refractivity contribution is -0.137. The number of carbonyl (C=O) groups excluding carboxylic acids is 2. The third-order valence-corrected chi connectivity index (χ3v) is 6.98. The van der Waals surface area contributed by atoms with Crippen LogP contribution in [0.5, 0.6) is 0 Å². The number of halogens is 2. The van der Waals surface area contributed by atoms with Crippen LogP contribution in [0.25, 0.3) is 0 Å². The van der Waals surface area contributed by atoms with E-state index in [1.54, 1.807) is 13.8 Å². The number of benzene rings is 1. The number of nitrogens with one attached hydrogen (secondary N) is 1. The van der Waals surface area contributed by atoms with Gasteiger partial charge in [0.2, 0.25) is 0 Å². The summed E-state index contributed by atoms with van der Waals surface area (Å²) in [4.78, 5) is 28.6. The molecule has 0 bridgehead atoms. The Morgan fingerprint density at radius 3 is 2.67 bits per heavy atom. The Labute approximate surface area is 227 Å². The van der Waals surface area contributed by atoms with E-state index in [2.05, 4.69) is 5.32 Å². The molecule has 2 saturated heterocycles. The highest BCUT2D eigenvalue weighted by molar-refractivity contribution is 6.43. The Balaban J connectivity index is 1.60. The van der Waals surface area contributed by atoms with E-state index in [0.717, 1.165) is 5.56 Å². The Hall–Kier alpha value is -3.05. The highest BCUT2D eigenvalue weighted by Crippen LogP contribution is 2.33. The van der Waals surface area contributed by atoms with Crippen molar-refractivity contribution in [3.05, 3.63) is 47.5 Å². The molecule has 0 spiro atoms. The van der Waals surface area contributed by atoms with E-state index < -0.39 is 49.1 Å². The van der Waals surface area contributed by atoms with Crippen molar-refractivity contribution >= 4 is 19.1 Å². The number of morpholine rings is 1. The smallest absolute Gasteiger partial charge is 0.447 e. The molecule has 1 aromatic carbocycles. The van der Waals surface area contributed by atoms with Gasteiger partial charge >= 0.3 is 13.2 Å². The molecule has 2 fully saturated rings. The molecular formula is C26H35BF2N4O6. The second-order valence-corrected chi connectivity index (χ2v) is 10.4. The molecule has 212 valence electrons. The molecule has 2 aliphatic heterocycles. The van der Waals surface area contributed by atoms with Crippen LogP contribution in [0.4, 0.5) is 13.6 Å². The lowest BCUT2D eigenvalue weighted by Crippen LogP contribution is -2.53. The largest absolute Gasteiger partial charge is 0.475 e. The molecule has 1 unspecified atom stereocenters. The predicted octanol–water partition coefficient (Wildman–Crippen LogP) is 1.52. The summed E-state index contributed by atoms with van der Waals surface area (Å²) in [5, 5.41) is 31.5. The van der Waals surface area contributed by atoms with Crippen molar-refractivity contribution in [1.29, 1.82) is 5.26 Å². The quantitative estimate of drug-likeness (QED) is 0.228. The van der Waals surface area contributed by atoms with Crippen LogP contribution in [0.3, 0.4) is 0 Å². The summed E-state index contributed by atoms with van der Waals surface area (Å²) in [7, 11) is -1.81. The SMILES string of the molecule is CC(C)(C=C(C#N)C(=O)N1CCOCC1COC(=O)N[C@@H](CCc1ccccc1)B(O)O)N1CCC(F)(F)C1. The van der Waals surface area contributed by atoms with E-state index in [0.29, 0.717) is 6.42 Å². The second-order valence-electron chi connectivity index (χ2n) is 10.4. The number of nitriles is 1. The molecule has 0 aliphatic carbocycles. The Bertz CT molecular complexity index is 1070. The summed E-state index contributed by atoms with van der Waals surface area (Å²) in [5.41, 5.74) is -0.190. The fourth-order valence-electron chi connectivity index (χ4n) is 4.66. The monoisotopic (exact) mass is 548 g/mol. The van der Waals surface area contributed by atoms with Gasteiger partial charge < -0.3 is 29.7 Å². The molecule has 3 N–H and O–H groups in total. The van der Waals surface area contributed by atoms with Gasteiger partial charge in [-0.15, -0.1) is 0 Å². The number of carbonyl (C=O) groups is 2. The lowest BCUT2D eigenvalue weighted by atomic mass is 9.76. The van der Waals surface area contributed by atoms with Gasteiger partial charge in [0, 0.05) is 25.0 Å². The molecule has 0 radical (unpaired) electrons. The standard InChI is InChI=1S/C26H35BF2N4O6/c1-25(2,32-11-10-26(28,29)18-32)14-20(15-30)23(34)33-12-13-38-16-21(33)17-39-24(35)31-22(27(36)37)9-8-19-6-4-3-5-7-19/h3-7,14,21-22,36-37H,8-13,16-18H2,1-2H3,(H,31,35)/t21?,22-/m0/s1. The molecule has 3 rings (SSSR count). The molecular weight excluding hydrogens is 513 g/mol. The van der Waals surface area contributed by atoms with Crippen LogP contribution in [-0.4, -0.2) is 102 Å². The molecule has 2 aliphatic rings. The maximum Gasteiger partial charge on any atom is 0.475 e. The van der Waals surface area contributed by atoms with Crippen LogP contribution < -0.4 is 5.32 Å². The zero-order chi connectivity index (χ0) is 28.6. The topological polar surface area (TPSA) is 135 Å². The number of likely N-dealkylation sites (tertiary alicyclic amines) is 1. The van der Waals surface area contributed by atoms with Gasteiger partial charge in [-0.25, -0.2) is 13.6 Å². The number of hydrogen-bond acceptors (Lipinski definition) is 8. The van der Waals surface area contributed by atoms with Gasteiger partial charge in [-0.2, -0.15) is 5.26 Å². The van der Waals surface area contributed by atoms with Gasteiger partial charge in [0.05, 0.1) is 31.7 Å². The average molecular weight is 548 g/mol. The van der Waals surface area contributed by atoms with Crippen LogP contribution in [0.1, 0.15) is 32.3 Å². The number of alkyl carbamates (subject to hydrolysis) is 1. The van der Waals surface area contributed by atoms with Crippen molar-refractivity contribution in [2.24, 2.45) is 0 Å². The first-order chi connectivity index (χ1) is 18.4. The number of amides is 2. The fourth-order valence-corrected chi connectivity index (χ4v) is 4.66. The first-order valence-electron chi connectivity index (χ1n) is 12.9.